The molecule has 3 aromatic rings. The van der Waals surface area contributed by atoms with Crippen molar-refractivity contribution in [1.29, 1.82) is 5.26 Å². The highest BCUT2D eigenvalue weighted by Crippen LogP contribution is 2.38. The Balaban J connectivity index is 1.82. The third-order valence-corrected chi connectivity index (χ3v) is 5.59. The standard InChI is InChI=1S/C24H16BrCl2FN2O3/c1-32-22-10-14(8-16(12-29)24(31)30-19-6-4-18(28)5-7-19)9-20(25)23(22)33-13-15-2-3-17(26)11-21(15)27/h2-11H,13H2,1H3,(H,30,31)/b16-8-. The first kappa shape index (κ1) is 24.6. The van der Waals surface area contributed by atoms with Gasteiger partial charge >= 0.3 is 0 Å². The minimum atomic E-state index is -0.628. The summed E-state index contributed by atoms with van der Waals surface area (Å²) in [6.07, 6.45) is 1.41. The number of methoxy groups -OCH3 is 1. The van der Waals surface area contributed by atoms with E-state index in [1.807, 2.05) is 6.07 Å². The molecule has 0 radical (unpaired) electrons. The molecule has 0 aliphatic heterocycles. The number of amides is 1. The summed E-state index contributed by atoms with van der Waals surface area (Å²) < 4.78 is 24.9. The average molecular weight is 550 g/mol. The summed E-state index contributed by atoms with van der Waals surface area (Å²) in [6.45, 7) is 0.170. The third kappa shape index (κ3) is 6.48. The summed E-state index contributed by atoms with van der Waals surface area (Å²) >= 11 is 15.6. The zero-order chi connectivity index (χ0) is 24.0. The fourth-order valence-corrected chi connectivity index (χ4v) is 3.84. The van der Waals surface area contributed by atoms with Crippen LogP contribution in [0.15, 0.2) is 64.6 Å². The van der Waals surface area contributed by atoms with Crippen LogP contribution in [0.25, 0.3) is 6.08 Å². The number of nitrogens with zero attached hydrogens (tertiary/aromatic N) is 1. The second-order valence-electron chi connectivity index (χ2n) is 6.69. The second-order valence-corrected chi connectivity index (χ2v) is 8.39. The van der Waals surface area contributed by atoms with E-state index in [0.29, 0.717) is 37.3 Å². The smallest absolute Gasteiger partial charge is 0.266 e. The Kier molecular flexibility index (Phi) is 8.34. The minimum Gasteiger partial charge on any atom is -0.493 e. The number of rotatable bonds is 7. The Morgan fingerprint density at radius 3 is 2.55 bits per heavy atom. The molecule has 0 saturated carbocycles. The van der Waals surface area contributed by atoms with Crippen molar-refractivity contribution in [2.24, 2.45) is 0 Å². The van der Waals surface area contributed by atoms with E-state index < -0.39 is 11.7 Å². The monoisotopic (exact) mass is 548 g/mol. The molecule has 5 nitrogen and oxygen atoms in total. The lowest BCUT2D eigenvalue weighted by molar-refractivity contribution is -0.112. The van der Waals surface area contributed by atoms with Crippen molar-refractivity contribution < 1.29 is 18.7 Å². The van der Waals surface area contributed by atoms with Gasteiger partial charge in [0.2, 0.25) is 0 Å². The van der Waals surface area contributed by atoms with Crippen LogP contribution >= 0.6 is 39.1 Å². The van der Waals surface area contributed by atoms with Crippen molar-refractivity contribution in [3.05, 3.63) is 91.6 Å². The van der Waals surface area contributed by atoms with Crippen molar-refractivity contribution in [3.8, 4) is 17.6 Å². The van der Waals surface area contributed by atoms with Gasteiger partial charge in [-0.15, -0.1) is 0 Å². The molecule has 33 heavy (non-hydrogen) atoms. The van der Waals surface area contributed by atoms with Crippen LogP contribution in [-0.4, -0.2) is 13.0 Å². The molecular formula is C24H16BrCl2FN2O3. The number of anilines is 1. The summed E-state index contributed by atoms with van der Waals surface area (Å²) in [7, 11) is 1.48. The fraction of sp³-hybridized carbons (Fsp3) is 0.0833. The SMILES string of the molecule is COc1cc(/C=C(/C#N)C(=O)Nc2ccc(F)cc2)cc(Br)c1OCc1ccc(Cl)cc1Cl. The van der Waals surface area contributed by atoms with E-state index in [2.05, 4.69) is 21.2 Å². The highest BCUT2D eigenvalue weighted by atomic mass is 79.9. The maximum Gasteiger partial charge on any atom is 0.266 e. The van der Waals surface area contributed by atoms with Crippen LogP contribution in [0, 0.1) is 17.1 Å². The Hall–Kier alpha value is -3.05. The molecule has 0 aliphatic carbocycles. The maximum atomic E-state index is 13.1. The predicted octanol–water partition coefficient (Wildman–Crippen LogP) is 7.03. The molecule has 0 bridgehead atoms. The largest absolute Gasteiger partial charge is 0.493 e. The van der Waals surface area contributed by atoms with Crippen molar-refractivity contribution in [3.63, 3.8) is 0 Å². The van der Waals surface area contributed by atoms with Crippen LogP contribution < -0.4 is 14.8 Å². The summed E-state index contributed by atoms with van der Waals surface area (Å²) in [4.78, 5) is 12.5. The van der Waals surface area contributed by atoms with Gasteiger partial charge < -0.3 is 14.8 Å². The van der Waals surface area contributed by atoms with Gasteiger partial charge in [0.1, 0.15) is 24.1 Å². The molecule has 0 unspecified atom stereocenters. The topological polar surface area (TPSA) is 71.3 Å². The van der Waals surface area contributed by atoms with E-state index in [4.69, 9.17) is 32.7 Å². The fourth-order valence-electron chi connectivity index (χ4n) is 2.80. The van der Waals surface area contributed by atoms with Crippen molar-refractivity contribution in [2.45, 2.75) is 6.61 Å². The van der Waals surface area contributed by atoms with Crippen molar-refractivity contribution >= 4 is 56.8 Å². The molecule has 0 atom stereocenters. The number of nitriles is 1. The van der Waals surface area contributed by atoms with E-state index in [9.17, 15) is 14.4 Å². The molecule has 0 spiro atoms. The average Bonchev–Trinajstić information content (AvgIpc) is 2.78. The van der Waals surface area contributed by atoms with Gasteiger partial charge in [0, 0.05) is 21.3 Å². The summed E-state index contributed by atoms with van der Waals surface area (Å²) in [6, 6.07) is 15.5. The Morgan fingerprint density at radius 1 is 1.18 bits per heavy atom. The zero-order valence-corrected chi connectivity index (χ0v) is 20.3. The third-order valence-electron chi connectivity index (χ3n) is 4.42. The molecule has 0 fully saturated rings. The number of carbonyl (C=O) groups excluding carboxylic acids is 1. The zero-order valence-electron chi connectivity index (χ0n) is 17.2. The van der Waals surface area contributed by atoms with Crippen molar-refractivity contribution in [2.75, 3.05) is 12.4 Å². The molecular weight excluding hydrogens is 534 g/mol. The van der Waals surface area contributed by atoms with Gasteiger partial charge in [0.25, 0.3) is 5.91 Å². The van der Waals surface area contributed by atoms with Crippen LogP contribution in [0.4, 0.5) is 10.1 Å². The van der Waals surface area contributed by atoms with Gasteiger partial charge in [-0.1, -0.05) is 29.3 Å². The number of carbonyl (C=O) groups is 1. The molecule has 0 heterocycles. The number of halogens is 4. The van der Waals surface area contributed by atoms with Crippen molar-refractivity contribution in [1.82, 2.24) is 0 Å². The summed E-state index contributed by atoms with van der Waals surface area (Å²) in [5.74, 6) is -0.245. The molecule has 9 heteroatoms. The van der Waals surface area contributed by atoms with E-state index in [0.717, 1.165) is 5.56 Å². The highest BCUT2D eigenvalue weighted by Gasteiger charge is 2.15. The second kappa shape index (κ2) is 11.2. The molecule has 0 aliphatic rings. The summed E-state index contributed by atoms with van der Waals surface area (Å²) in [5, 5.41) is 13.0. The normalized spacial score (nSPS) is 11.0. The van der Waals surface area contributed by atoms with Crippen LogP contribution in [0.1, 0.15) is 11.1 Å². The molecule has 1 amide bonds. The van der Waals surface area contributed by atoms with Gasteiger partial charge in [-0.2, -0.15) is 5.26 Å². The molecule has 0 aromatic heterocycles. The first-order valence-corrected chi connectivity index (χ1v) is 11.0. The number of hydrogen-bond acceptors (Lipinski definition) is 4. The quantitative estimate of drug-likeness (QED) is 0.254. The lowest BCUT2D eigenvalue weighted by Crippen LogP contribution is -2.13. The number of hydrogen-bond donors (Lipinski definition) is 1. The number of benzene rings is 3. The Labute approximate surface area is 208 Å². The van der Waals surface area contributed by atoms with E-state index in [1.165, 1.54) is 37.5 Å². The molecule has 1 N–H and O–H groups in total. The number of nitrogens with one attached hydrogen (secondary N) is 1. The van der Waals surface area contributed by atoms with Gasteiger partial charge in [-0.25, -0.2) is 4.39 Å². The predicted molar refractivity (Wildman–Crippen MR) is 130 cm³/mol. The Bertz CT molecular complexity index is 1260. The van der Waals surface area contributed by atoms with E-state index in [1.54, 1.807) is 30.3 Å². The van der Waals surface area contributed by atoms with E-state index in [-0.39, 0.29) is 12.2 Å². The molecule has 168 valence electrons. The van der Waals surface area contributed by atoms with Crippen LogP contribution in [-0.2, 0) is 11.4 Å². The van der Waals surface area contributed by atoms with Crippen LogP contribution in [0.5, 0.6) is 11.5 Å². The van der Waals surface area contributed by atoms with Gasteiger partial charge in [-0.05, 0) is 76.1 Å². The Morgan fingerprint density at radius 2 is 1.91 bits per heavy atom. The lowest BCUT2D eigenvalue weighted by Gasteiger charge is -2.14. The van der Waals surface area contributed by atoms with Crippen LogP contribution in [0.3, 0.4) is 0 Å². The lowest BCUT2D eigenvalue weighted by atomic mass is 10.1. The van der Waals surface area contributed by atoms with Crippen LogP contribution in [0.2, 0.25) is 10.0 Å². The molecule has 3 aromatic carbocycles. The molecule has 0 saturated heterocycles. The van der Waals surface area contributed by atoms with Gasteiger partial charge in [0.05, 0.1) is 11.6 Å². The summed E-state index contributed by atoms with van der Waals surface area (Å²) in [5.41, 5.74) is 1.49. The first-order valence-electron chi connectivity index (χ1n) is 9.43. The molecule has 3 rings (SSSR count). The highest BCUT2D eigenvalue weighted by molar-refractivity contribution is 9.10. The van der Waals surface area contributed by atoms with Gasteiger partial charge in [0.15, 0.2) is 11.5 Å². The minimum absolute atomic E-state index is 0.144. The maximum absolute atomic E-state index is 13.1. The van der Waals surface area contributed by atoms with E-state index >= 15 is 0 Å². The first-order chi connectivity index (χ1) is 15.8. The van der Waals surface area contributed by atoms with Gasteiger partial charge in [-0.3, -0.25) is 4.79 Å². The number of ether oxygens (including phenoxy) is 2.